The molecule has 130 valence electrons. The molecule has 3 N–H and O–H groups in total. The number of carbonyl (C=O) groups excluding carboxylic acids is 1. The van der Waals surface area contributed by atoms with Crippen molar-refractivity contribution in [3.8, 4) is 0 Å². The zero-order valence-electron chi connectivity index (χ0n) is 14.6. The standard InChI is InChI=1S/C22H20N2OS/c1-15(22(25)18-14-23-19-11-6-5-10-17(18)19)24-21(20-12-7-13-26-20)16-8-3-2-4-9-16/h2-15,21,23-24H,1H3/p+1/t15-,21+/m1/s1. The van der Waals surface area contributed by atoms with Crippen molar-refractivity contribution in [1.82, 2.24) is 4.98 Å². The third-order valence-electron chi connectivity index (χ3n) is 4.76. The molecule has 0 radical (unpaired) electrons. The summed E-state index contributed by atoms with van der Waals surface area (Å²) in [6.07, 6.45) is 1.83. The number of nitrogens with one attached hydrogen (secondary N) is 1. The molecule has 2 aromatic heterocycles. The van der Waals surface area contributed by atoms with Crippen LogP contribution in [0.25, 0.3) is 10.9 Å². The van der Waals surface area contributed by atoms with Crippen LogP contribution in [-0.4, -0.2) is 16.8 Å². The van der Waals surface area contributed by atoms with Crippen LogP contribution >= 0.6 is 11.3 Å². The van der Waals surface area contributed by atoms with Crippen molar-refractivity contribution in [2.75, 3.05) is 0 Å². The van der Waals surface area contributed by atoms with Crippen molar-refractivity contribution in [3.05, 3.63) is 94.3 Å². The van der Waals surface area contributed by atoms with E-state index in [0.29, 0.717) is 0 Å². The first-order valence-corrected chi connectivity index (χ1v) is 9.65. The molecule has 0 spiro atoms. The Morgan fingerprint density at radius 1 is 1.00 bits per heavy atom. The summed E-state index contributed by atoms with van der Waals surface area (Å²) in [4.78, 5) is 17.6. The molecule has 0 amide bonds. The minimum atomic E-state index is -0.179. The highest BCUT2D eigenvalue weighted by Gasteiger charge is 2.27. The van der Waals surface area contributed by atoms with E-state index in [1.165, 1.54) is 10.4 Å². The summed E-state index contributed by atoms with van der Waals surface area (Å²) in [6.45, 7) is 1.99. The SMILES string of the molecule is C[C@@H]([NH2+][C@@H](c1ccccc1)c1cccs1)C(=O)c1c[nH]c2ccccc12. The molecule has 0 aliphatic heterocycles. The molecule has 0 unspecified atom stereocenters. The Kier molecular flexibility index (Phi) is 4.69. The van der Waals surface area contributed by atoms with Crippen LogP contribution < -0.4 is 5.32 Å². The lowest BCUT2D eigenvalue weighted by atomic mass is 10.0. The van der Waals surface area contributed by atoms with Crippen LogP contribution in [0.4, 0.5) is 0 Å². The zero-order chi connectivity index (χ0) is 17.9. The molecule has 4 heteroatoms. The quantitative estimate of drug-likeness (QED) is 0.498. The van der Waals surface area contributed by atoms with E-state index in [4.69, 9.17) is 0 Å². The van der Waals surface area contributed by atoms with E-state index in [2.05, 4.69) is 52.1 Å². The van der Waals surface area contributed by atoms with Gasteiger partial charge < -0.3 is 10.3 Å². The topological polar surface area (TPSA) is 49.5 Å². The average Bonchev–Trinajstić information content (AvgIpc) is 3.36. The van der Waals surface area contributed by atoms with E-state index in [1.807, 2.05) is 43.5 Å². The van der Waals surface area contributed by atoms with Crippen LogP contribution in [0.1, 0.15) is 33.8 Å². The van der Waals surface area contributed by atoms with Gasteiger partial charge in [0.25, 0.3) is 0 Å². The normalized spacial score (nSPS) is 13.6. The number of hydrogen-bond donors (Lipinski definition) is 2. The molecular weight excluding hydrogens is 340 g/mol. The van der Waals surface area contributed by atoms with E-state index in [-0.39, 0.29) is 17.9 Å². The summed E-state index contributed by atoms with van der Waals surface area (Å²) in [6, 6.07) is 22.5. The number of carbonyl (C=O) groups is 1. The highest BCUT2D eigenvalue weighted by atomic mass is 32.1. The molecule has 2 aromatic carbocycles. The van der Waals surface area contributed by atoms with Crippen LogP contribution in [0, 0.1) is 0 Å². The number of thiophene rings is 1. The summed E-state index contributed by atoms with van der Waals surface area (Å²) in [5, 5.41) is 5.25. The maximum absolute atomic E-state index is 13.1. The van der Waals surface area contributed by atoms with E-state index in [0.717, 1.165) is 16.5 Å². The van der Waals surface area contributed by atoms with Crippen molar-refractivity contribution in [2.45, 2.75) is 19.0 Å². The number of H-pyrrole nitrogens is 1. The van der Waals surface area contributed by atoms with Gasteiger partial charge in [-0.3, -0.25) is 4.79 Å². The molecule has 4 aromatic rings. The van der Waals surface area contributed by atoms with Crippen LogP contribution in [-0.2, 0) is 0 Å². The zero-order valence-corrected chi connectivity index (χ0v) is 15.4. The third-order valence-corrected chi connectivity index (χ3v) is 5.71. The fourth-order valence-corrected chi connectivity index (χ4v) is 4.23. The van der Waals surface area contributed by atoms with E-state index in [1.54, 1.807) is 11.3 Å². The fraction of sp³-hybridized carbons (Fsp3) is 0.136. The Bertz CT molecular complexity index is 1010. The number of ketones is 1. The van der Waals surface area contributed by atoms with Crippen molar-refractivity contribution >= 4 is 28.0 Å². The van der Waals surface area contributed by atoms with Crippen molar-refractivity contribution in [2.24, 2.45) is 0 Å². The molecule has 0 aliphatic carbocycles. The largest absolute Gasteiger partial charge is 0.360 e. The minimum absolute atomic E-state index is 0.125. The van der Waals surface area contributed by atoms with Gasteiger partial charge >= 0.3 is 0 Å². The maximum Gasteiger partial charge on any atom is 0.221 e. The lowest BCUT2D eigenvalue weighted by Gasteiger charge is -2.19. The van der Waals surface area contributed by atoms with Crippen LogP contribution in [0.2, 0.25) is 0 Å². The monoisotopic (exact) mass is 361 g/mol. The summed E-state index contributed by atoms with van der Waals surface area (Å²) in [5.41, 5.74) is 2.98. The maximum atomic E-state index is 13.1. The number of quaternary nitrogens is 1. The highest BCUT2D eigenvalue weighted by Crippen LogP contribution is 2.23. The first-order valence-electron chi connectivity index (χ1n) is 8.77. The van der Waals surface area contributed by atoms with Gasteiger partial charge in [0.2, 0.25) is 5.78 Å². The average molecular weight is 361 g/mol. The summed E-state index contributed by atoms with van der Waals surface area (Å²) >= 11 is 1.73. The fourth-order valence-electron chi connectivity index (χ4n) is 3.40. The van der Waals surface area contributed by atoms with Crippen LogP contribution in [0.15, 0.2) is 78.3 Å². The van der Waals surface area contributed by atoms with Crippen molar-refractivity contribution < 1.29 is 10.1 Å². The summed E-state index contributed by atoms with van der Waals surface area (Å²) < 4.78 is 0. The molecule has 3 nitrogen and oxygen atoms in total. The predicted molar refractivity (Wildman–Crippen MR) is 107 cm³/mol. The molecule has 0 aliphatic rings. The molecule has 0 saturated carbocycles. The number of aromatic nitrogens is 1. The molecular formula is C22H21N2OS+. The lowest BCUT2D eigenvalue weighted by Crippen LogP contribution is -2.92. The summed E-state index contributed by atoms with van der Waals surface area (Å²) in [5.74, 6) is 0.153. The number of aromatic amines is 1. The second-order valence-electron chi connectivity index (χ2n) is 6.50. The summed E-state index contributed by atoms with van der Waals surface area (Å²) in [7, 11) is 0. The van der Waals surface area contributed by atoms with Gasteiger partial charge in [-0.05, 0) is 24.4 Å². The van der Waals surface area contributed by atoms with Crippen molar-refractivity contribution in [1.29, 1.82) is 0 Å². The third kappa shape index (κ3) is 3.21. The van der Waals surface area contributed by atoms with Crippen molar-refractivity contribution in [3.63, 3.8) is 0 Å². The number of benzene rings is 2. The number of para-hydroxylation sites is 1. The smallest absolute Gasteiger partial charge is 0.221 e. The number of hydrogen-bond acceptors (Lipinski definition) is 2. The molecule has 4 rings (SSSR count). The second kappa shape index (κ2) is 7.28. The van der Waals surface area contributed by atoms with Gasteiger partial charge in [0.15, 0.2) is 0 Å². The van der Waals surface area contributed by atoms with Crippen LogP contribution in [0.3, 0.4) is 0 Å². The van der Waals surface area contributed by atoms with Gasteiger partial charge in [-0.15, -0.1) is 11.3 Å². The van der Waals surface area contributed by atoms with Gasteiger partial charge in [-0.1, -0.05) is 54.6 Å². The highest BCUT2D eigenvalue weighted by molar-refractivity contribution is 7.10. The Morgan fingerprint density at radius 3 is 2.54 bits per heavy atom. The first-order chi connectivity index (χ1) is 12.7. The van der Waals surface area contributed by atoms with Gasteiger partial charge in [0, 0.05) is 28.2 Å². The first kappa shape index (κ1) is 16.8. The van der Waals surface area contributed by atoms with Gasteiger partial charge in [0.05, 0.1) is 4.88 Å². The molecule has 0 saturated heterocycles. The van der Waals surface area contributed by atoms with E-state index < -0.39 is 0 Å². The van der Waals surface area contributed by atoms with Crippen LogP contribution in [0.5, 0.6) is 0 Å². The predicted octanol–water partition coefficient (Wildman–Crippen LogP) is 4.15. The Labute approximate surface area is 156 Å². The van der Waals surface area contributed by atoms with E-state index >= 15 is 0 Å². The lowest BCUT2D eigenvalue weighted by molar-refractivity contribution is -0.703. The Morgan fingerprint density at radius 2 is 1.77 bits per heavy atom. The Balaban J connectivity index is 1.62. The van der Waals surface area contributed by atoms with E-state index in [9.17, 15) is 4.79 Å². The number of fused-ring (bicyclic) bond motifs is 1. The van der Waals surface area contributed by atoms with Gasteiger partial charge in [-0.25, -0.2) is 0 Å². The molecule has 26 heavy (non-hydrogen) atoms. The van der Waals surface area contributed by atoms with Gasteiger partial charge in [-0.2, -0.15) is 0 Å². The molecule has 0 bridgehead atoms. The van der Waals surface area contributed by atoms with Gasteiger partial charge in [0.1, 0.15) is 12.1 Å². The molecule has 2 heterocycles. The second-order valence-corrected chi connectivity index (χ2v) is 7.48. The Hall–Kier alpha value is -2.69. The number of nitrogens with two attached hydrogens (primary N) is 1. The number of rotatable bonds is 6. The molecule has 0 fully saturated rings. The molecule has 2 atom stereocenters. The number of Topliss-reactive ketones (excluding diaryl/α,β-unsaturated/α-hetero) is 1. The minimum Gasteiger partial charge on any atom is -0.360 e.